The van der Waals surface area contributed by atoms with Gasteiger partial charge in [0, 0.05) is 38.3 Å². The van der Waals surface area contributed by atoms with Gasteiger partial charge >= 0.3 is 0 Å². The van der Waals surface area contributed by atoms with Crippen LogP contribution < -0.4 is 10.1 Å². The number of carbonyl (C=O) groups excluding carboxylic acids is 2. The summed E-state index contributed by atoms with van der Waals surface area (Å²) >= 11 is 0. The molecule has 1 N–H and O–H groups in total. The Morgan fingerprint density at radius 1 is 1.19 bits per heavy atom. The summed E-state index contributed by atoms with van der Waals surface area (Å²) < 4.78 is 5.76. The third-order valence-electron chi connectivity index (χ3n) is 3.63. The zero-order valence-corrected chi connectivity index (χ0v) is 12.6. The van der Waals surface area contributed by atoms with Crippen molar-refractivity contribution >= 4 is 11.6 Å². The number of benzene rings is 1. The highest BCUT2D eigenvalue weighted by Crippen LogP contribution is 2.23. The summed E-state index contributed by atoms with van der Waals surface area (Å²) in [6, 6.07) is 5.17. The van der Waals surface area contributed by atoms with E-state index < -0.39 is 0 Å². The molecule has 114 valence electrons. The standard InChI is InChI=1S/C16H22N2O3/c1-12(19)14-4-3-5-15(16(14)13(2)20)21-11-10-18-8-6-17-7-9-18/h3-5,17H,6-11H2,1-2H3. The number of carbonyl (C=O) groups is 2. The highest BCUT2D eigenvalue weighted by atomic mass is 16.5. The third-order valence-corrected chi connectivity index (χ3v) is 3.63. The largest absolute Gasteiger partial charge is 0.491 e. The lowest BCUT2D eigenvalue weighted by molar-refractivity contribution is 0.0976. The molecule has 1 aliphatic rings. The van der Waals surface area contributed by atoms with E-state index in [2.05, 4.69) is 10.2 Å². The fourth-order valence-electron chi connectivity index (χ4n) is 2.53. The molecule has 5 heteroatoms. The maximum Gasteiger partial charge on any atom is 0.164 e. The maximum absolute atomic E-state index is 11.8. The summed E-state index contributed by atoms with van der Waals surface area (Å²) in [4.78, 5) is 25.7. The molecule has 1 aromatic rings. The van der Waals surface area contributed by atoms with E-state index in [-0.39, 0.29) is 11.6 Å². The first-order chi connectivity index (χ1) is 10.1. The average molecular weight is 290 g/mol. The Morgan fingerprint density at radius 2 is 1.90 bits per heavy atom. The van der Waals surface area contributed by atoms with Gasteiger partial charge < -0.3 is 10.1 Å². The van der Waals surface area contributed by atoms with Gasteiger partial charge in [-0.3, -0.25) is 14.5 Å². The van der Waals surface area contributed by atoms with Crippen LogP contribution in [-0.2, 0) is 0 Å². The van der Waals surface area contributed by atoms with Gasteiger partial charge in [0.25, 0.3) is 0 Å². The topological polar surface area (TPSA) is 58.6 Å². The van der Waals surface area contributed by atoms with E-state index in [1.807, 2.05) is 0 Å². The molecular formula is C16H22N2O3. The second kappa shape index (κ2) is 7.33. The molecule has 0 saturated carbocycles. The second-order valence-electron chi connectivity index (χ2n) is 5.23. The monoisotopic (exact) mass is 290 g/mol. The summed E-state index contributed by atoms with van der Waals surface area (Å²) in [6.45, 7) is 8.28. The number of piperazine rings is 1. The van der Waals surface area contributed by atoms with Crippen LogP contribution in [-0.4, -0.2) is 55.8 Å². The van der Waals surface area contributed by atoms with E-state index in [0.717, 1.165) is 32.7 Å². The Labute approximate surface area is 125 Å². The van der Waals surface area contributed by atoms with Gasteiger partial charge in [0.2, 0.25) is 0 Å². The minimum absolute atomic E-state index is 0.118. The SMILES string of the molecule is CC(=O)c1cccc(OCCN2CCNCC2)c1C(C)=O. The molecule has 0 aliphatic carbocycles. The smallest absolute Gasteiger partial charge is 0.164 e. The maximum atomic E-state index is 11.8. The molecule has 1 fully saturated rings. The number of rotatable bonds is 6. The molecule has 0 aromatic heterocycles. The summed E-state index contributed by atoms with van der Waals surface area (Å²) in [5.41, 5.74) is 0.826. The van der Waals surface area contributed by atoms with Crippen molar-refractivity contribution in [2.24, 2.45) is 0 Å². The van der Waals surface area contributed by atoms with Crippen LogP contribution in [0, 0.1) is 0 Å². The Kier molecular flexibility index (Phi) is 5.47. The number of hydrogen-bond donors (Lipinski definition) is 1. The molecule has 0 atom stereocenters. The molecule has 5 nitrogen and oxygen atoms in total. The Morgan fingerprint density at radius 3 is 2.52 bits per heavy atom. The predicted molar refractivity (Wildman–Crippen MR) is 81.3 cm³/mol. The minimum atomic E-state index is -0.141. The van der Waals surface area contributed by atoms with E-state index in [1.165, 1.54) is 13.8 Å². The third kappa shape index (κ3) is 4.12. The van der Waals surface area contributed by atoms with E-state index in [4.69, 9.17) is 4.74 Å². The highest BCUT2D eigenvalue weighted by molar-refractivity contribution is 6.08. The van der Waals surface area contributed by atoms with Crippen molar-refractivity contribution in [3.63, 3.8) is 0 Å². The van der Waals surface area contributed by atoms with Crippen molar-refractivity contribution < 1.29 is 14.3 Å². The Bertz CT molecular complexity index is 522. The van der Waals surface area contributed by atoms with Crippen LogP contribution in [0.4, 0.5) is 0 Å². The van der Waals surface area contributed by atoms with Crippen molar-refractivity contribution in [1.29, 1.82) is 0 Å². The van der Waals surface area contributed by atoms with Gasteiger partial charge in [-0.05, 0) is 19.9 Å². The van der Waals surface area contributed by atoms with E-state index in [9.17, 15) is 9.59 Å². The van der Waals surface area contributed by atoms with Crippen molar-refractivity contribution in [1.82, 2.24) is 10.2 Å². The number of hydrogen-bond acceptors (Lipinski definition) is 5. The second-order valence-corrected chi connectivity index (χ2v) is 5.23. The van der Waals surface area contributed by atoms with Crippen LogP contribution >= 0.6 is 0 Å². The molecule has 0 amide bonds. The van der Waals surface area contributed by atoms with Crippen molar-refractivity contribution in [3.05, 3.63) is 29.3 Å². The zero-order chi connectivity index (χ0) is 15.2. The lowest BCUT2D eigenvalue weighted by Gasteiger charge is -2.27. The number of ether oxygens (including phenoxy) is 1. The number of nitrogens with zero attached hydrogens (tertiary/aromatic N) is 1. The normalized spacial score (nSPS) is 15.7. The summed E-state index contributed by atoms with van der Waals surface area (Å²) in [5, 5.41) is 3.30. The van der Waals surface area contributed by atoms with Crippen LogP contribution in [0.1, 0.15) is 34.6 Å². The predicted octanol–water partition coefficient (Wildman–Crippen LogP) is 1.38. The number of nitrogens with one attached hydrogen (secondary N) is 1. The molecule has 0 radical (unpaired) electrons. The molecule has 21 heavy (non-hydrogen) atoms. The van der Waals surface area contributed by atoms with E-state index >= 15 is 0 Å². The van der Waals surface area contributed by atoms with E-state index in [0.29, 0.717) is 23.5 Å². The molecule has 1 saturated heterocycles. The van der Waals surface area contributed by atoms with Gasteiger partial charge in [0.05, 0.1) is 5.56 Å². The minimum Gasteiger partial charge on any atom is -0.491 e. The molecule has 1 heterocycles. The van der Waals surface area contributed by atoms with Gasteiger partial charge in [-0.1, -0.05) is 12.1 Å². The molecule has 0 unspecified atom stereocenters. The lowest BCUT2D eigenvalue weighted by atomic mass is 10.0. The van der Waals surface area contributed by atoms with Crippen molar-refractivity contribution in [3.8, 4) is 5.75 Å². The van der Waals surface area contributed by atoms with Crippen LogP contribution in [0.2, 0.25) is 0 Å². The quantitative estimate of drug-likeness (QED) is 0.802. The zero-order valence-electron chi connectivity index (χ0n) is 12.6. The van der Waals surface area contributed by atoms with Gasteiger partial charge in [-0.25, -0.2) is 0 Å². The number of Topliss-reactive ketones (excluding diaryl/α,β-unsaturated/α-hetero) is 2. The Balaban J connectivity index is 2.03. The van der Waals surface area contributed by atoms with Crippen molar-refractivity contribution in [2.75, 3.05) is 39.3 Å². The van der Waals surface area contributed by atoms with Gasteiger partial charge in [-0.2, -0.15) is 0 Å². The van der Waals surface area contributed by atoms with Crippen LogP contribution in [0.25, 0.3) is 0 Å². The van der Waals surface area contributed by atoms with Crippen molar-refractivity contribution in [2.45, 2.75) is 13.8 Å². The van der Waals surface area contributed by atoms with Crippen LogP contribution in [0.15, 0.2) is 18.2 Å². The molecule has 0 bridgehead atoms. The van der Waals surface area contributed by atoms with Crippen LogP contribution in [0.3, 0.4) is 0 Å². The summed E-state index contributed by atoms with van der Waals surface area (Å²) in [7, 11) is 0. The summed E-state index contributed by atoms with van der Waals surface area (Å²) in [5.74, 6) is 0.246. The van der Waals surface area contributed by atoms with Gasteiger partial charge in [-0.15, -0.1) is 0 Å². The fraction of sp³-hybridized carbons (Fsp3) is 0.500. The summed E-state index contributed by atoms with van der Waals surface area (Å²) in [6.07, 6.45) is 0. The first-order valence-electron chi connectivity index (χ1n) is 7.30. The fourth-order valence-corrected chi connectivity index (χ4v) is 2.53. The Hall–Kier alpha value is -1.72. The molecule has 2 rings (SSSR count). The molecule has 1 aromatic carbocycles. The molecular weight excluding hydrogens is 268 g/mol. The first kappa shape index (κ1) is 15.7. The van der Waals surface area contributed by atoms with E-state index in [1.54, 1.807) is 18.2 Å². The van der Waals surface area contributed by atoms with Gasteiger partial charge in [0.1, 0.15) is 12.4 Å². The molecule has 1 aliphatic heterocycles. The molecule has 0 spiro atoms. The van der Waals surface area contributed by atoms with Crippen LogP contribution in [0.5, 0.6) is 5.75 Å². The van der Waals surface area contributed by atoms with Gasteiger partial charge in [0.15, 0.2) is 11.6 Å². The average Bonchev–Trinajstić information content (AvgIpc) is 2.47. The first-order valence-corrected chi connectivity index (χ1v) is 7.30. The lowest BCUT2D eigenvalue weighted by Crippen LogP contribution is -2.44. The number of ketones is 2. The highest BCUT2D eigenvalue weighted by Gasteiger charge is 2.17.